The smallest absolute Gasteiger partial charge is 0.225 e. The van der Waals surface area contributed by atoms with Crippen LogP contribution >= 0.6 is 0 Å². The SMILES string of the molecule is COCCN(CCCN)C(=O)C1CC1. The lowest BCUT2D eigenvalue weighted by molar-refractivity contribution is -0.133. The van der Waals surface area contributed by atoms with E-state index >= 15 is 0 Å². The predicted molar refractivity (Wildman–Crippen MR) is 54.9 cm³/mol. The molecule has 0 aromatic heterocycles. The van der Waals surface area contributed by atoms with Crippen LogP contribution in [0.3, 0.4) is 0 Å². The monoisotopic (exact) mass is 200 g/mol. The zero-order valence-corrected chi connectivity index (χ0v) is 8.87. The van der Waals surface area contributed by atoms with Gasteiger partial charge < -0.3 is 15.4 Å². The van der Waals surface area contributed by atoms with Crippen LogP contribution in [0.2, 0.25) is 0 Å². The summed E-state index contributed by atoms with van der Waals surface area (Å²) in [6.07, 6.45) is 3.00. The number of carbonyl (C=O) groups excluding carboxylic acids is 1. The summed E-state index contributed by atoms with van der Waals surface area (Å²) in [5, 5.41) is 0. The third-order valence-corrected chi connectivity index (χ3v) is 2.44. The molecule has 0 saturated heterocycles. The van der Waals surface area contributed by atoms with Crippen molar-refractivity contribution in [2.75, 3.05) is 33.4 Å². The van der Waals surface area contributed by atoms with Gasteiger partial charge in [0, 0.05) is 26.1 Å². The average molecular weight is 200 g/mol. The fraction of sp³-hybridized carbons (Fsp3) is 0.900. The first-order chi connectivity index (χ1) is 6.79. The van der Waals surface area contributed by atoms with Gasteiger partial charge in [0.15, 0.2) is 0 Å². The highest BCUT2D eigenvalue weighted by Crippen LogP contribution is 2.30. The first kappa shape index (κ1) is 11.5. The molecular weight excluding hydrogens is 180 g/mol. The lowest BCUT2D eigenvalue weighted by Crippen LogP contribution is -2.36. The molecule has 4 heteroatoms. The quantitative estimate of drug-likeness (QED) is 0.639. The first-order valence-corrected chi connectivity index (χ1v) is 5.27. The van der Waals surface area contributed by atoms with Gasteiger partial charge in [0.05, 0.1) is 6.61 Å². The van der Waals surface area contributed by atoms with E-state index in [1.165, 1.54) is 0 Å². The molecule has 1 rings (SSSR count). The lowest BCUT2D eigenvalue weighted by atomic mass is 10.3. The molecular formula is C10H20N2O2. The third-order valence-electron chi connectivity index (χ3n) is 2.44. The topological polar surface area (TPSA) is 55.6 Å². The molecule has 0 aromatic carbocycles. The van der Waals surface area contributed by atoms with Crippen LogP contribution in [0.5, 0.6) is 0 Å². The molecule has 0 unspecified atom stereocenters. The van der Waals surface area contributed by atoms with Gasteiger partial charge in [0.25, 0.3) is 0 Å². The van der Waals surface area contributed by atoms with Crippen molar-refractivity contribution in [3.8, 4) is 0 Å². The zero-order chi connectivity index (χ0) is 10.4. The summed E-state index contributed by atoms with van der Waals surface area (Å²) < 4.78 is 4.98. The van der Waals surface area contributed by atoms with Crippen molar-refractivity contribution >= 4 is 5.91 Å². The second-order valence-corrected chi connectivity index (χ2v) is 3.73. The highest BCUT2D eigenvalue weighted by Gasteiger charge is 2.32. The summed E-state index contributed by atoms with van der Waals surface area (Å²) in [5.41, 5.74) is 5.43. The summed E-state index contributed by atoms with van der Waals surface area (Å²) in [4.78, 5) is 13.6. The standard InChI is InChI=1S/C10H20N2O2/c1-14-8-7-12(6-2-5-11)10(13)9-3-4-9/h9H,2-8,11H2,1H3. The average Bonchev–Trinajstić information content (AvgIpc) is 3.00. The number of hydrogen-bond donors (Lipinski definition) is 1. The van der Waals surface area contributed by atoms with Crippen LogP contribution in [0.4, 0.5) is 0 Å². The summed E-state index contributed by atoms with van der Waals surface area (Å²) in [7, 11) is 1.66. The molecule has 4 nitrogen and oxygen atoms in total. The van der Waals surface area contributed by atoms with Crippen molar-refractivity contribution < 1.29 is 9.53 Å². The molecule has 1 fully saturated rings. The summed E-state index contributed by atoms with van der Waals surface area (Å²) in [6.45, 7) is 2.73. The Morgan fingerprint density at radius 3 is 2.71 bits per heavy atom. The molecule has 0 aliphatic heterocycles. The number of hydrogen-bond acceptors (Lipinski definition) is 3. The van der Waals surface area contributed by atoms with Crippen molar-refractivity contribution in [1.29, 1.82) is 0 Å². The normalized spacial score (nSPS) is 15.6. The molecule has 0 bridgehead atoms. The van der Waals surface area contributed by atoms with E-state index < -0.39 is 0 Å². The largest absolute Gasteiger partial charge is 0.383 e. The van der Waals surface area contributed by atoms with Crippen molar-refractivity contribution in [3.63, 3.8) is 0 Å². The zero-order valence-electron chi connectivity index (χ0n) is 8.87. The van der Waals surface area contributed by atoms with Gasteiger partial charge in [-0.05, 0) is 25.8 Å². The Morgan fingerprint density at radius 2 is 2.21 bits per heavy atom. The van der Waals surface area contributed by atoms with Crippen molar-refractivity contribution in [1.82, 2.24) is 4.90 Å². The highest BCUT2D eigenvalue weighted by molar-refractivity contribution is 5.81. The number of ether oxygens (including phenoxy) is 1. The fourth-order valence-electron chi connectivity index (χ4n) is 1.40. The van der Waals surface area contributed by atoms with Gasteiger partial charge in [0.1, 0.15) is 0 Å². The number of rotatable bonds is 7. The van der Waals surface area contributed by atoms with Crippen molar-refractivity contribution in [2.24, 2.45) is 11.7 Å². The van der Waals surface area contributed by atoms with Gasteiger partial charge in [-0.3, -0.25) is 4.79 Å². The summed E-state index contributed by atoms with van der Waals surface area (Å²) >= 11 is 0. The van der Waals surface area contributed by atoms with E-state index in [1.54, 1.807) is 7.11 Å². The minimum Gasteiger partial charge on any atom is -0.383 e. The van der Waals surface area contributed by atoms with Crippen LogP contribution in [0.25, 0.3) is 0 Å². The Bertz CT molecular complexity index is 173. The lowest BCUT2D eigenvalue weighted by Gasteiger charge is -2.21. The molecule has 0 heterocycles. The van der Waals surface area contributed by atoms with E-state index in [0.29, 0.717) is 25.6 Å². The third kappa shape index (κ3) is 3.64. The van der Waals surface area contributed by atoms with Crippen LogP contribution < -0.4 is 5.73 Å². The maximum atomic E-state index is 11.7. The number of nitrogens with two attached hydrogens (primary N) is 1. The van der Waals surface area contributed by atoms with Crippen LogP contribution in [0.15, 0.2) is 0 Å². The second-order valence-electron chi connectivity index (χ2n) is 3.73. The van der Waals surface area contributed by atoms with Gasteiger partial charge >= 0.3 is 0 Å². The number of nitrogens with zero attached hydrogens (tertiary/aromatic N) is 1. The summed E-state index contributed by atoms with van der Waals surface area (Å²) in [6, 6.07) is 0. The Hall–Kier alpha value is -0.610. The van der Waals surface area contributed by atoms with Gasteiger partial charge in [-0.1, -0.05) is 0 Å². The fourth-order valence-corrected chi connectivity index (χ4v) is 1.40. The molecule has 2 N–H and O–H groups in total. The van der Waals surface area contributed by atoms with Gasteiger partial charge in [-0.2, -0.15) is 0 Å². The Labute approximate surface area is 85.4 Å². The number of amides is 1. The molecule has 1 aliphatic carbocycles. The minimum atomic E-state index is 0.288. The predicted octanol–water partition coefficient (Wildman–Crippen LogP) is 0.220. The van der Waals surface area contributed by atoms with E-state index in [4.69, 9.17) is 10.5 Å². The molecule has 0 atom stereocenters. The van der Waals surface area contributed by atoms with Gasteiger partial charge in [-0.25, -0.2) is 0 Å². The number of carbonyl (C=O) groups is 1. The van der Waals surface area contributed by atoms with Gasteiger partial charge in [-0.15, -0.1) is 0 Å². The van der Waals surface area contributed by atoms with E-state index in [0.717, 1.165) is 25.8 Å². The highest BCUT2D eigenvalue weighted by atomic mass is 16.5. The molecule has 14 heavy (non-hydrogen) atoms. The Kier molecular flexibility index (Phi) is 4.90. The van der Waals surface area contributed by atoms with E-state index in [-0.39, 0.29) is 5.91 Å². The Morgan fingerprint density at radius 1 is 1.50 bits per heavy atom. The Balaban J connectivity index is 2.29. The molecule has 1 amide bonds. The number of methoxy groups -OCH3 is 1. The molecule has 1 saturated carbocycles. The summed E-state index contributed by atoms with van der Waals surface area (Å²) in [5.74, 6) is 0.583. The van der Waals surface area contributed by atoms with E-state index in [9.17, 15) is 4.79 Å². The first-order valence-electron chi connectivity index (χ1n) is 5.27. The van der Waals surface area contributed by atoms with Crippen LogP contribution in [0.1, 0.15) is 19.3 Å². The molecule has 1 aliphatic rings. The maximum Gasteiger partial charge on any atom is 0.225 e. The minimum absolute atomic E-state index is 0.288. The van der Waals surface area contributed by atoms with Crippen molar-refractivity contribution in [2.45, 2.75) is 19.3 Å². The van der Waals surface area contributed by atoms with Crippen molar-refractivity contribution in [3.05, 3.63) is 0 Å². The molecule has 0 spiro atoms. The van der Waals surface area contributed by atoms with Crippen LogP contribution in [0, 0.1) is 5.92 Å². The maximum absolute atomic E-state index is 11.7. The van der Waals surface area contributed by atoms with Crippen LogP contribution in [-0.4, -0.2) is 44.2 Å². The molecule has 82 valence electrons. The van der Waals surface area contributed by atoms with E-state index in [1.807, 2.05) is 4.90 Å². The molecule has 0 radical (unpaired) electrons. The van der Waals surface area contributed by atoms with E-state index in [2.05, 4.69) is 0 Å². The van der Waals surface area contributed by atoms with Crippen LogP contribution in [-0.2, 0) is 9.53 Å². The van der Waals surface area contributed by atoms with Gasteiger partial charge in [0.2, 0.25) is 5.91 Å². The molecule has 0 aromatic rings. The second kappa shape index (κ2) is 5.98.